The summed E-state index contributed by atoms with van der Waals surface area (Å²) < 4.78 is 5.02. The van der Waals surface area contributed by atoms with E-state index in [2.05, 4.69) is 17.4 Å². The smallest absolute Gasteiger partial charge is 0.0587 e. The lowest BCUT2D eigenvalue weighted by Crippen LogP contribution is -2.29. The van der Waals surface area contributed by atoms with Gasteiger partial charge >= 0.3 is 0 Å². The maximum absolute atomic E-state index is 6.24. The van der Waals surface area contributed by atoms with Gasteiger partial charge in [0.1, 0.15) is 0 Å². The third kappa shape index (κ3) is 2.57. The molecule has 3 heteroatoms. The van der Waals surface area contributed by atoms with E-state index < -0.39 is 0 Å². The summed E-state index contributed by atoms with van der Waals surface area (Å²) in [7, 11) is 1.72. The minimum atomic E-state index is 0.284. The number of rotatable bonds is 6. The normalized spacial score (nSPS) is 17.4. The Bertz CT molecular complexity index is 350. The van der Waals surface area contributed by atoms with Crippen molar-refractivity contribution in [1.29, 1.82) is 0 Å². The lowest BCUT2D eigenvalue weighted by atomic mass is 9.96. The number of ether oxygens (including phenoxy) is 1. The summed E-state index contributed by atoms with van der Waals surface area (Å²) in [5.74, 6) is 0. The van der Waals surface area contributed by atoms with E-state index in [1.54, 1.807) is 7.11 Å². The Morgan fingerprint density at radius 1 is 1.38 bits per heavy atom. The predicted molar refractivity (Wildman–Crippen MR) is 67.1 cm³/mol. The average molecular weight is 240 g/mol. The van der Waals surface area contributed by atoms with E-state index in [0.717, 1.165) is 24.7 Å². The van der Waals surface area contributed by atoms with Gasteiger partial charge in [0.2, 0.25) is 0 Å². The fourth-order valence-electron chi connectivity index (χ4n) is 2.09. The van der Waals surface area contributed by atoms with Crippen molar-refractivity contribution >= 4 is 11.6 Å². The predicted octanol–water partition coefficient (Wildman–Crippen LogP) is 2.61. The van der Waals surface area contributed by atoms with Crippen LogP contribution in [-0.4, -0.2) is 26.8 Å². The van der Waals surface area contributed by atoms with Crippen molar-refractivity contribution in [3.63, 3.8) is 0 Å². The van der Waals surface area contributed by atoms with Gasteiger partial charge in [-0.2, -0.15) is 0 Å². The van der Waals surface area contributed by atoms with Crippen LogP contribution < -0.4 is 5.32 Å². The average Bonchev–Trinajstić information content (AvgIpc) is 3.06. The Labute approximate surface area is 102 Å². The molecule has 1 aromatic carbocycles. The molecule has 0 amide bonds. The molecule has 0 heterocycles. The first kappa shape index (κ1) is 11.9. The minimum absolute atomic E-state index is 0.284. The van der Waals surface area contributed by atoms with Crippen LogP contribution in [-0.2, 0) is 10.2 Å². The summed E-state index contributed by atoms with van der Waals surface area (Å²) >= 11 is 6.24. The van der Waals surface area contributed by atoms with E-state index in [-0.39, 0.29) is 5.41 Å². The molecule has 0 radical (unpaired) electrons. The van der Waals surface area contributed by atoms with Crippen LogP contribution in [0.2, 0.25) is 5.02 Å². The highest BCUT2D eigenvalue weighted by molar-refractivity contribution is 6.31. The summed E-state index contributed by atoms with van der Waals surface area (Å²) in [6.45, 7) is 2.67. The topological polar surface area (TPSA) is 21.3 Å². The summed E-state index contributed by atoms with van der Waals surface area (Å²) in [4.78, 5) is 0. The molecule has 0 spiro atoms. The molecule has 2 nitrogen and oxygen atoms in total. The van der Waals surface area contributed by atoms with E-state index in [0.29, 0.717) is 0 Å². The number of nitrogens with one attached hydrogen (secondary N) is 1. The van der Waals surface area contributed by atoms with Gasteiger partial charge in [-0.05, 0) is 24.5 Å². The molecule has 1 aliphatic carbocycles. The van der Waals surface area contributed by atoms with Crippen molar-refractivity contribution in [3.05, 3.63) is 34.9 Å². The van der Waals surface area contributed by atoms with Crippen molar-refractivity contribution in [2.75, 3.05) is 26.8 Å². The molecule has 0 bridgehead atoms. The van der Waals surface area contributed by atoms with Crippen molar-refractivity contribution in [1.82, 2.24) is 5.32 Å². The third-order valence-electron chi connectivity index (χ3n) is 3.25. The largest absolute Gasteiger partial charge is 0.383 e. The first-order chi connectivity index (χ1) is 7.78. The number of benzene rings is 1. The summed E-state index contributed by atoms with van der Waals surface area (Å²) in [6.07, 6.45) is 2.47. The van der Waals surface area contributed by atoms with E-state index in [1.807, 2.05) is 12.1 Å². The second-order valence-electron chi connectivity index (χ2n) is 4.43. The summed E-state index contributed by atoms with van der Waals surface area (Å²) in [6, 6.07) is 8.18. The molecule has 1 saturated carbocycles. The maximum atomic E-state index is 6.24. The quantitative estimate of drug-likeness (QED) is 0.771. The van der Waals surface area contributed by atoms with Crippen LogP contribution in [0, 0.1) is 0 Å². The van der Waals surface area contributed by atoms with Gasteiger partial charge in [-0.1, -0.05) is 29.8 Å². The van der Waals surface area contributed by atoms with Crippen LogP contribution in [0.1, 0.15) is 18.4 Å². The molecule has 1 aromatic rings. The van der Waals surface area contributed by atoms with Crippen molar-refractivity contribution in [2.24, 2.45) is 0 Å². The van der Waals surface area contributed by atoms with Gasteiger partial charge in [0.15, 0.2) is 0 Å². The highest BCUT2D eigenvalue weighted by atomic mass is 35.5. The maximum Gasteiger partial charge on any atom is 0.0587 e. The van der Waals surface area contributed by atoms with Gasteiger partial charge in [0.25, 0.3) is 0 Å². The Hall–Kier alpha value is -0.570. The second kappa shape index (κ2) is 5.17. The van der Waals surface area contributed by atoms with Gasteiger partial charge < -0.3 is 10.1 Å². The molecule has 1 fully saturated rings. The van der Waals surface area contributed by atoms with Crippen molar-refractivity contribution < 1.29 is 4.74 Å². The molecule has 88 valence electrons. The zero-order valence-corrected chi connectivity index (χ0v) is 10.4. The molecule has 0 atom stereocenters. The van der Waals surface area contributed by atoms with Crippen LogP contribution in [0.5, 0.6) is 0 Å². The second-order valence-corrected chi connectivity index (χ2v) is 4.84. The number of hydrogen-bond donors (Lipinski definition) is 1. The molecular formula is C13H18ClNO. The minimum Gasteiger partial charge on any atom is -0.383 e. The van der Waals surface area contributed by atoms with Gasteiger partial charge in [-0.25, -0.2) is 0 Å². The van der Waals surface area contributed by atoms with Crippen LogP contribution >= 0.6 is 11.6 Å². The van der Waals surface area contributed by atoms with E-state index in [9.17, 15) is 0 Å². The third-order valence-corrected chi connectivity index (χ3v) is 3.57. The molecule has 1 N–H and O–H groups in total. The first-order valence-corrected chi connectivity index (χ1v) is 6.11. The van der Waals surface area contributed by atoms with E-state index >= 15 is 0 Å². The molecule has 0 aliphatic heterocycles. The van der Waals surface area contributed by atoms with E-state index in [4.69, 9.17) is 16.3 Å². The van der Waals surface area contributed by atoms with E-state index in [1.165, 1.54) is 18.4 Å². The van der Waals surface area contributed by atoms with Crippen LogP contribution in [0.3, 0.4) is 0 Å². The molecular weight excluding hydrogens is 222 g/mol. The summed E-state index contributed by atoms with van der Waals surface area (Å²) in [5.41, 5.74) is 1.58. The number of methoxy groups -OCH3 is 1. The standard InChI is InChI=1S/C13H18ClNO/c1-16-9-8-15-10-13(6-7-13)11-4-2-3-5-12(11)14/h2-5,15H,6-10H2,1H3. The zero-order chi connectivity index (χ0) is 11.4. The molecule has 16 heavy (non-hydrogen) atoms. The Morgan fingerprint density at radius 2 is 2.12 bits per heavy atom. The zero-order valence-electron chi connectivity index (χ0n) is 9.63. The molecule has 1 aliphatic rings. The first-order valence-electron chi connectivity index (χ1n) is 5.73. The van der Waals surface area contributed by atoms with Crippen molar-refractivity contribution in [3.8, 4) is 0 Å². The monoisotopic (exact) mass is 239 g/mol. The highest BCUT2D eigenvalue weighted by Crippen LogP contribution is 2.49. The summed E-state index contributed by atoms with van der Waals surface area (Å²) in [5, 5.41) is 4.33. The number of hydrogen-bond acceptors (Lipinski definition) is 2. The van der Waals surface area contributed by atoms with Crippen LogP contribution in [0.15, 0.2) is 24.3 Å². The van der Waals surface area contributed by atoms with Gasteiger partial charge in [-0.3, -0.25) is 0 Å². The molecule has 0 aromatic heterocycles. The fraction of sp³-hybridized carbons (Fsp3) is 0.538. The lowest BCUT2D eigenvalue weighted by Gasteiger charge is -2.17. The molecule has 0 saturated heterocycles. The van der Waals surface area contributed by atoms with Crippen LogP contribution in [0.25, 0.3) is 0 Å². The van der Waals surface area contributed by atoms with Gasteiger partial charge in [0, 0.05) is 30.6 Å². The van der Waals surface area contributed by atoms with Crippen molar-refractivity contribution in [2.45, 2.75) is 18.3 Å². The number of halogens is 1. The highest BCUT2D eigenvalue weighted by Gasteiger charge is 2.44. The van der Waals surface area contributed by atoms with Gasteiger partial charge in [0.05, 0.1) is 6.61 Å². The Morgan fingerprint density at radius 3 is 2.75 bits per heavy atom. The van der Waals surface area contributed by atoms with Crippen LogP contribution in [0.4, 0.5) is 0 Å². The van der Waals surface area contributed by atoms with Gasteiger partial charge in [-0.15, -0.1) is 0 Å². The SMILES string of the molecule is COCCNCC1(c2ccccc2Cl)CC1. The Kier molecular flexibility index (Phi) is 3.85. The Balaban J connectivity index is 1.95. The molecule has 2 rings (SSSR count). The lowest BCUT2D eigenvalue weighted by molar-refractivity contribution is 0.198. The molecule has 0 unspecified atom stereocenters. The fourth-order valence-corrected chi connectivity index (χ4v) is 2.42.